The van der Waals surface area contributed by atoms with E-state index in [-0.39, 0.29) is 17.6 Å². The summed E-state index contributed by atoms with van der Waals surface area (Å²) in [7, 11) is 0. The fraction of sp³-hybridized carbons (Fsp3) is 0.154. The number of carbonyl (C=O) groups excluding carboxylic acids is 2. The first-order chi connectivity index (χ1) is 8.95. The van der Waals surface area contributed by atoms with Gasteiger partial charge < -0.3 is 9.84 Å². The van der Waals surface area contributed by atoms with Crippen LogP contribution in [-0.2, 0) is 9.59 Å². The van der Waals surface area contributed by atoms with Crippen molar-refractivity contribution in [1.29, 1.82) is 0 Å². The molecule has 1 aromatic rings. The van der Waals surface area contributed by atoms with Crippen molar-refractivity contribution in [2.75, 3.05) is 0 Å². The van der Waals surface area contributed by atoms with Gasteiger partial charge >= 0.3 is 11.9 Å². The first-order valence-electron chi connectivity index (χ1n) is 5.30. The van der Waals surface area contributed by atoms with Gasteiger partial charge in [-0.2, -0.15) is 0 Å². The largest absolute Gasteiger partial charge is 0.478 e. The zero-order valence-corrected chi connectivity index (χ0v) is 10.1. The summed E-state index contributed by atoms with van der Waals surface area (Å²) in [6.07, 6.45) is 1.18. The Hall–Kier alpha value is -2.50. The topological polar surface area (TPSA) is 80.7 Å². The molecular formula is C13H11FO5. The molecule has 1 N–H and O–H groups in total. The number of para-hydroxylation sites is 1. The molecule has 0 unspecified atom stereocenters. The molecule has 0 heterocycles. The number of rotatable bonds is 5. The first kappa shape index (κ1) is 14.6. The van der Waals surface area contributed by atoms with Crippen LogP contribution in [0.5, 0.6) is 5.75 Å². The van der Waals surface area contributed by atoms with E-state index in [9.17, 15) is 18.8 Å². The third kappa shape index (κ3) is 4.02. The van der Waals surface area contributed by atoms with Crippen LogP contribution in [-0.4, -0.2) is 23.3 Å². The van der Waals surface area contributed by atoms with Crippen molar-refractivity contribution in [1.82, 2.24) is 0 Å². The van der Waals surface area contributed by atoms with Gasteiger partial charge in [0.25, 0.3) is 0 Å². The van der Waals surface area contributed by atoms with Crippen LogP contribution in [0.2, 0.25) is 0 Å². The number of aliphatic carboxylic acids is 1. The molecule has 0 aromatic heterocycles. The van der Waals surface area contributed by atoms with Gasteiger partial charge in [-0.25, -0.2) is 9.18 Å². The lowest BCUT2D eigenvalue weighted by Crippen LogP contribution is -2.10. The van der Waals surface area contributed by atoms with Gasteiger partial charge in [0, 0.05) is 5.57 Å². The molecule has 0 spiro atoms. The number of hydrogen-bond acceptors (Lipinski definition) is 4. The van der Waals surface area contributed by atoms with Crippen LogP contribution in [0.3, 0.4) is 0 Å². The second kappa shape index (κ2) is 6.44. The number of carbonyl (C=O) groups is 3. The number of carboxylic acids is 1. The number of benzene rings is 1. The lowest BCUT2D eigenvalue weighted by molar-refractivity contribution is -0.133. The molecule has 0 bridgehead atoms. The molecule has 19 heavy (non-hydrogen) atoms. The minimum Gasteiger partial charge on any atom is -0.478 e. The van der Waals surface area contributed by atoms with Crippen LogP contribution in [0.1, 0.15) is 23.7 Å². The van der Waals surface area contributed by atoms with E-state index in [0.717, 1.165) is 12.1 Å². The summed E-state index contributed by atoms with van der Waals surface area (Å²) in [5, 5.41) is 8.58. The van der Waals surface area contributed by atoms with Gasteiger partial charge in [-0.15, -0.1) is 0 Å². The third-order valence-corrected chi connectivity index (χ3v) is 2.25. The highest BCUT2D eigenvalue weighted by molar-refractivity contribution is 5.87. The van der Waals surface area contributed by atoms with E-state index < -0.39 is 23.5 Å². The second-order valence-corrected chi connectivity index (χ2v) is 3.65. The van der Waals surface area contributed by atoms with Gasteiger partial charge in [0.2, 0.25) is 0 Å². The number of hydrogen-bond donors (Lipinski definition) is 1. The van der Waals surface area contributed by atoms with Crippen LogP contribution in [0.25, 0.3) is 0 Å². The highest BCUT2D eigenvalue weighted by Crippen LogP contribution is 2.21. The van der Waals surface area contributed by atoms with Crippen LogP contribution in [0, 0.1) is 5.82 Å². The molecule has 0 amide bonds. The molecule has 0 radical (unpaired) electrons. The van der Waals surface area contributed by atoms with Gasteiger partial charge in [0.05, 0.1) is 12.0 Å². The zero-order chi connectivity index (χ0) is 14.4. The molecule has 0 atom stereocenters. The van der Waals surface area contributed by atoms with Crippen LogP contribution >= 0.6 is 0 Å². The van der Waals surface area contributed by atoms with Crippen molar-refractivity contribution >= 4 is 18.2 Å². The van der Waals surface area contributed by atoms with Gasteiger partial charge in [0.1, 0.15) is 0 Å². The average Bonchev–Trinajstić information content (AvgIpc) is 2.38. The maximum absolute atomic E-state index is 13.4. The van der Waals surface area contributed by atoms with E-state index in [0.29, 0.717) is 6.29 Å². The fourth-order valence-electron chi connectivity index (χ4n) is 1.21. The second-order valence-electron chi connectivity index (χ2n) is 3.65. The molecule has 6 heteroatoms. The van der Waals surface area contributed by atoms with Crippen LogP contribution in [0.4, 0.5) is 4.39 Å². The Labute approximate surface area is 108 Å². The monoisotopic (exact) mass is 266 g/mol. The zero-order valence-electron chi connectivity index (χ0n) is 10.1. The van der Waals surface area contributed by atoms with E-state index in [1.54, 1.807) is 0 Å². The van der Waals surface area contributed by atoms with E-state index in [1.165, 1.54) is 19.1 Å². The van der Waals surface area contributed by atoms with Crippen molar-refractivity contribution in [3.63, 3.8) is 0 Å². The smallest absolute Gasteiger partial charge is 0.330 e. The van der Waals surface area contributed by atoms with Gasteiger partial charge in [-0.05, 0) is 19.1 Å². The highest BCUT2D eigenvalue weighted by atomic mass is 19.1. The molecule has 0 aliphatic carbocycles. The summed E-state index contributed by atoms with van der Waals surface area (Å²) in [4.78, 5) is 32.6. The average molecular weight is 266 g/mol. The quantitative estimate of drug-likeness (QED) is 0.381. The lowest BCUT2D eigenvalue weighted by atomic mass is 10.2. The number of esters is 1. The number of aldehydes is 1. The van der Waals surface area contributed by atoms with Crippen molar-refractivity contribution < 1.29 is 28.6 Å². The highest BCUT2D eigenvalue weighted by Gasteiger charge is 2.13. The van der Waals surface area contributed by atoms with Crippen LogP contribution in [0.15, 0.2) is 29.8 Å². The molecule has 100 valence electrons. The standard InChI is InChI=1S/C13H11FO5/c1-8(13(17)18)5-6-11(16)19-12-9(7-15)3-2-4-10(12)14/h2-5,7H,6H2,1H3,(H,17,18). The Bertz CT molecular complexity index is 548. The predicted octanol–water partition coefficient (Wildman–Crippen LogP) is 1.96. The summed E-state index contributed by atoms with van der Waals surface area (Å²) in [6, 6.07) is 3.66. The Morgan fingerprint density at radius 2 is 2.11 bits per heavy atom. The van der Waals surface area contributed by atoms with Gasteiger partial charge in [-0.3, -0.25) is 9.59 Å². The Morgan fingerprint density at radius 3 is 2.68 bits per heavy atom. The molecule has 5 nitrogen and oxygen atoms in total. The van der Waals surface area contributed by atoms with Crippen molar-refractivity contribution in [3.8, 4) is 5.75 Å². The summed E-state index contributed by atoms with van der Waals surface area (Å²) in [5.74, 6) is -3.30. The maximum atomic E-state index is 13.4. The molecule has 1 rings (SSSR count). The predicted molar refractivity (Wildman–Crippen MR) is 63.4 cm³/mol. The van der Waals surface area contributed by atoms with Crippen molar-refractivity contribution in [3.05, 3.63) is 41.2 Å². The van der Waals surface area contributed by atoms with Crippen molar-refractivity contribution in [2.24, 2.45) is 0 Å². The minimum absolute atomic E-state index is 0.0268. The van der Waals surface area contributed by atoms with E-state index in [4.69, 9.17) is 9.84 Å². The molecule has 0 saturated carbocycles. The maximum Gasteiger partial charge on any atom is 0.330 e. The minimum atomic E-state index is -1.16. The molecular weight excluding hydrogens is 255 g/mol. The Kier molecular flexibility index (Phi) is 4.93. The Morgan fingerprint density at radius 1 is 1.42 bits per heavy atom. The number of halogens is 1. The number of ether oxygens (including phenoxy) is 1. The SMILES string of the molecule is CC(=CCC(=O)Oc1c(F)cccc1C=O)C(=O)O. The summed E-state index contributed by atoms with van der Waals surface area (Å²) < 4.78 is 18.1. The van der Waals surface area contributed by atoms with E-state index >= 15 is 0 Å². The van der Waals surface area contributed by atoms with E-state index in [1.807, 2.05) is 0 Å². The lowest BCUT2D eigenvalue weighted by Gasteiger charge is -2.06. The van der Waals surface area contributed by atoms with Gasteiger partial charge in [0.15, 0.2) is 17.9 Å². The molecule has 0 aliphatic heterocycles. The third-order valence-electron chi connectivity index (χ3n) is 2.25. The summed E-state index contributed by atoms with van der Waals surface area (Å²) in [6.45, 7) is 1.32. The van der Waals surface area contributed by atoms with Gasteiger partial charge in [-0.1, -0.05) is 12.1 Å². The molecule has 0 saturated heterocycles. The molecule has 0 fully saturated rings. The normalized spacial score (nSPS) is 10.9. The Balaban J connectivity index is 2.81. The fourth-order valence-corrected chi connectivity index (χ4v) is 1.21. The molecule has 0 aliphatic rings. The van der Waals surface area contributed by atoms with Crippen LogP contribution < -0.4 is 4.74 Å². The number of carboxylic acid groups (broad SMARTS) is 1. The van der Waals surface area contributed by atoms with E-state index in [2.05, 4.69) is 0 Å². The van der Waals surface area contributed by atoms with Crippen molar-refractivity contribution in [2.45, 2.75) is 13.3 Å². The summed E-state index contributed by atoms with van der Waals surface area (Å²) >= 11 is 0. The first-order valence-corrected chi connectivity index (χ1v) is 5.30. The molecule has 1 aromatic carbocycles. The summed E-state index contributed by atoms with van der Waals surface area (Å²) in [5.41, 5.74) is -0.117.